The fraction of sp³-hybridized carbons (Fsp3) is 0.280. The van der Waals surface area contributed by atoms with E-state index in [1.165, 1.54) is 0 Å². The molecule has 4 aromatic rings. The predicted octanol–water partition coefficient (Wildman–Crippen LogP) is 3.15. The van der Waals surface area contributed by atoms with Crippen molar-refractivity contribution in [1.82, 2.24) is 30.4 Å². The number of carbonyl (C=O) groups excluding carboxylic acids is 2. The first kappa shape index (κ1) is 21.1. The Bertz CT molecular complexity index is 1360. The third kappa shape index (κ3) is 3.82. The van der Waals surface area contributed by atoms with Crippen molar-refractivity contribution in [3.05, 3.63) is 70.3 Å². The average Bonchev–Trinajstić information content (AvgIpc) is 3.41. The summed E-state index contributed by atoms with van der Waals surface area (Å²) in [5.41, 5.74) is 7.39. The number of benzene rings is 2. The smallest absolute Gasteiger partial charge is 0.254 e. The Morgan fingerprint density at radius 2 is 1.73 bits per heavy atom. The second kappa shape index (κ2) is 8.29. The number of nitrogens with one attached hydrogen (secondary N) is 3. The number of piperazine rings is 1. The largest absolute Gasteiger partial charge is 0.336 e. The molecule has 0 saturated carbocycles. The first-order chi connectivity index (χ1) is 15.9. The van der Waals surface area contributed by atoms with E-state index < -0.39 is 0 Å². The number of hydrogen-bond acceptors (Lipinski definition) is 5. The zero-order valence-electron chi connectivity index (χ0n) is 19.0. The number of H-pyrrole nitrogens is 2. The van der Waals surface area contributed by atoms with Gasteiger partial charge in [0.1, 0.15) is 0 Å². The molecule has 3 heterocycles. The van der Waals surface area contributed by atoms with Crippen LogP contribution in [0.15, 0.2) is 36.4 Å². The van der Waals surface area contributed by atoms with E-state index in [0.717, 1.165) is 41.2 Å². The van der Waals surface area contributed by atoms with Gasteiger partial charge in [0.2, 0.25) is 5.78 Å². The SMILES string of the molecule is Cc1ccc(C(=O)c2nc3ccc(C(=O)N4CCNCC4)cc3[nH]2)cc1-c1c(C)n[nH]c1C. The Morgan fingerprint density at radius 1 is 0.970 bits per heavy atom. The summed E-state index contributed by atoms with van der Waals surface area (Å²) in [7, 11) is 0. The van der Waals surface area contributed by atoms with Crippen molar-refractivity contribution in [1.29, 1.82) is 0 Å². The van der Waals surface area contributed by atoms with Gasteiger partial charge in [-0.3, -0.25) is 14.7 Å². The molecule has 0 unspecified atom stereocenters. The number of hydrogen-bond donors (Lipinski definition) is 3. The summed E-state index contributed by atoms with van der Waals surface area (Å²) in [6, 6.07) is 11.0. The number of rotatable bonds is 4. The highest BCUT2D eigenvalue weighted by Gasteiger charge is 2.21. The Labute approximate surface area is 191 Å². The number of carbonyl (C=O) groups is 2. The number of nitrogens with zero attached hydrogens (tertiary/aromatic N) is 3. The summed E-state index contributed by atoms with van der Waals surface area (Å²) in [5, 5.41) is 10.6. The van der Waals surface area contributed by atoms with E-state index in [0.29, 0.717) is 35.2 Å². The maximum Gasteiger partial charge on any atom is 0.254 e. The van der Waals surface area contributed by atoms with E-state index in [2.05, 4.69) is 25.5 Å². The molecule has 0 atom stereocenters. The van der Waals surface area contributed by atoms with Crippen LogP contribution in [-0.4, -0.2) is 62.9 Å². The number of fused-ring (bicyclic) bond motifs is 1. The lowest BCUT2D eigenvalue weighted by Gasteiger charge is -2.27. The molecule has 3 N–H and O–H groups in total. The summed E-state index contributed by atoms with van der Waals surface area (Å²) in [6.45, 7) is 8.92. The van der Waals surface area contributed by atoms with Crippen LogP contribution >= 0.6 is 0 Å². The van der Waals surface area contributed by atoms with Gasteiger partial charge in [-0.15, -0.1) is 0 Å². The number of aromatic nitrogens is 4. The summed E-state index contributed by atoms with van der Waals surface area (Å²) < 4.78 is 0. The maximum atomic E-state index is 13.3. The van der Waals surface area contributed by atoms with Crippen LogP contribution in [0.2, 0.25) is 0 Å². The van der Waals surface area contributed by atoms with Gasteiger partial charge in [0.25, 0.3) is 5.91 Å². The van der Waals surface area contributed by atoms with Crippen LogP contribution < -0.4 is 5.32 Å². The molecule has 1 aliphatic heterocycles. The Balaban J connectivity index is 1.46. The maximum absolute atomic E-state index is 13.3. The molecular formula is C25H26N6O2. The zero-order chi connectivity index (χ0) is 23.1. The lowest BCUT2D eigenvalue weighted by atomic mass is 9.95. The average molecular weight is 443 g/mol. The first-order valence-electron chi connectivity index (χ1n) is 11.1. The molecule has 168 valence electrons. The number of aryl methyl sites for hydroxylation is 3. The van der Waals surface area contributed by atoms with Gasteiger partial charge in [-0.2, -0.15) is 5.10 Å². The molecule has 8 heteroatoms. The highest BCUT2D eigenvalue weighted by atomic mass is 16.2. The molecular weight excluding hydrogens is 416 g/mol. The Kier molecular flexibility index (Phi) is 5.30. The van der Waals surface area contributed by atoms with Gasteiger partial charge in [-0.05, 0) is 56.2 Å². The molecule has 2 aromatic heterocycles. The highest BCUT2D eigenvalue weighted by molar-refractivity contribution is 6.09. The van der Waals surface area contributed by atoms with Crippen molar-refractivity contribution >= 4 is 22.7 Å². The summed E-state index contributed by atoms with van der Waals surface area (Å²) >= 11 is 0. The van der Waals surface area contributed by atoms with Crippen LogP contribution in [0.3, 0.4) is 0 Å². The minimum absolute atomic E-state index is 0.00472. The first-order valence-corrected chi connectivity index (χ1v) is 11.1. The number of imidazole rings is 1. The molecule has 1 saturated heterocycles. The second-order valence-electron chi connectivity index (χ2n) is 8.53. The lowest BCUT2D eigenvalue weighted by molar-refractivity contribution is 0.0736. The molecule has 0 aliphatic carbocycles. The second-order valence-corrected chi connectivity index (χ2v) is 8.53. The van der Waals surface area contributed by atoms with E-state index in [-0.39, 0.29) is 17.5 Å². The molecule has 1 aliphatic rings. The Morgan fingerprint density at radius 3 is 2.45 bits per heavy atom. The van der Waals surface area contributed by atoms with Crippen LogP contribution in [0.1, 0.15) is 43.5 Å². The Hall–Kier alpha value is -3.78. The minimum Gasteiger partial charge on any atom is -0.336 e. The van der Waals surface area contributed by atoms with Gasteiger partial charge in [0, 0.05) is 48.6 Å². The van der Waals surface area contributed by atoms with E-state index in [9.17, 15) is 9.59 Å². The minimum atomic E-state index is -0.193. The fourth-order valence-corrected chi connectivity index (χ4v) is 4.42. The zero-order valence-corrected chi connectivity index (χ0v) is 19.0. The van der Waals surface area contributed by atoms with Gasteiger partial charge in [0.05, 0.1) is 16.7 Å². The number of aromatic amines is 2. The van der Waals surface area contributed by atoms with E-state index in [1.807, 2.05) is 43.9 Å². The molecule has 1 amide bonds. The predicted molar refractivity (Wildman–Crippen MR) is 127 cm³/mol. The summed E-state index contributed by atoms with van der Waals surface area (Å²) in [4.78, 5) is 35.6. The summed E-state index contributed by atoms with van der Waals surface area (Å²) in [6.07, 6.45) is 0. The third-order valence-electron chi connectivity index (χ3n) is 6.25. The molecule has 0 bridgehead atoms. The third-order valence-corrected chi connectivity index (χ3v) is 6.25. The summed E-state index contributed by atoms with van der Waals surface area (Å²) in [5.74, 6) is 0.0587. The van der Waals surface area contributed by atoms with Gasteiger partial charge in [-0.25, -0.2) is 4.98 Å². The molecule has 8 nitrogen and oxygen atoms in total. The van der Waals surface area contributed by atoms with E-state index in [1.54, 1.807) is 18.2 Å². The van der Waals surface area contributed by atoms with Crippen molar-refractivity contribution in [2.75, 3.05) is 26.2 Å². The van der Waals surface area contributed by atoms with Gasteiger partial charge < -0.3 is 15.2 Å². The molecule has 5 rings (SSSR count). The van der Waals surface area contributed by atoms with Crippen LogP contribution in [-0.2, 0) is 0 Å². The van der Waals surface area contributed by atoms with Crippen LogP contribution in [0.25, 0.3) is 22.2 Å². The monoisotopic (exact) mass is 442 g/mol. The fourth-order valence-electron chi connectivity index (χ4n) is 4.42. The molecule has 33 heavy (non-hydrogen) atoms. The molecule has 0 spiro atoms. The van der Waals surface area contributed by atoms with Crippen molar-refractivity contribution in [3.8, 4) is 11.1 Å². The number of ketones is 1. The molecule has 0 radical (unpaired) electrons. The van der Waals surface area contributed by atoms with Crippen molar-refractivity contribution in [2.45, 2.75) is 20.8 Å². The van der Waals surface area contributed by atoms with Crippen molar-refractivity contribution < 1.29 is 9.59 Å². The van der Waals surface area contributed by atoms with Crippen molar-refractivity contribution in [2.24, 2.45) is 0 Å². The lowest BCUT2D eigenvalue weighted by Crippen LogP contribution is -2.46. The van der Waals surface area contributed by atoms with Gasteiger partial charge >= 0.3 is 0 Å². The number of amides is 1. The van der Waals surface area contributed by atoms with Gasteiger partial charge in [0.15, 0.2) is 5.82 Å². The van der Waals surface area contributed by atoms with Crippen LogP contribution in [0.4, 0.5) is 0 Å². The molecule has 1 fully saturated rings. The van der Waals surface area contributed by atoms with Crippen LogP contribution in [0.5, 0.6) is 0 Å². The van der Waals surface area contributed by atoms with Crippen molar-refractivity contribution in [3.63, 3.8) is 0 Å². The van der Waals surface area contributed by atoms with E-state index >= 15 is 0 Å². The molecule has 2 aromatic carbocycles. The van der Waals surface area contributed by atoms with Crippen LogP contribution in [0, 0.1) is 20.8 Å². The van der Waals surface area contributed by atoms with E-state index in [4.69, 9.17) is 0 Å². The van der Waals surface area contributed by atoms with Gasteiger partial charge in [-0.1, -0.05) is 12.1 Å². The topological polar surface area (TPSA) is 107 Å². The standard InChI is InChI=1S/C25H26N6O2/c1-14-4-5-17(12-19(14)22-15(2)29-30-16(22)3)23(32)24-27-20-7-6-18(13-21(20)28-24)25(33)31-10-8-26-9-11-31/h4-7,12-13,26H,8-11H2,1-3H3,(H,27,28)(H,29,30). The highest BCUT2D eigenvalue weighted by Crippen LogP contribution is 2.30. The normalized spacial score (nSPS) is 14.1. The quantitative estimate of drug-likeness (QED) is 0.421.